The molecule has 1 saturated heterocycles. The number of halogens is 1. The van der Waals surface area contributed by atoms with Crippen LogP contribution in [0.3, 0.4) is 0 Å². The Morgan fingerprint density at radius 3 is 2.94 bits per heavy atom. The third-order valence-electron chi connectivity index (χ3n) is 3.27. The summed E-state index contributed by atoms with van der Waals surface area (Å²) in [5, 5.41) is 3.47. The molecule has 16 heavy (non-hydrogen) atoms. The molecule has 1 aliphatic carbocycles. The van der Waals surface area contributed by atoms with Gasteiger partial charge in [-0.3, -0.25) is 4.90 Å². The topological polar surface area (TPSA) is 41.0 Å². The zero-order valence-electron chi connectivity index (χ0n) is 9.06. The van der Waals surface area contributed by atoms with Gasteiger partial charge in [0.2, 0.25) is 0 Å². The molecule has 3 rings (SSSR count). The van der Waals surface area contributed by atoms with Gasteiger partial charge in [0.1, 0.15) is 16.7 Å². The average Bonchev–Trinajstić information content (AvgIpc) is 3.01. The molecule has 2 fully saturated rings. The number of nitrogens with zero attached hydrogens (tertiary/aromatic N) is 3. The van der Waals surface area contributed by atoms with Crippen molar-refractivity contribution < 1.29 is 0 Å². The van der Waals surface area contributed by atoms with Crippen molar-refractivity contribution in [2.45, 2.75) is 31.3 Å². The number of nitrogens with one attached hydrogen (secondary N) is 1. The Balaban J connectivity index is 1.59. The normalized spacial score (nSPS) is 25.9. The number of rotatable bonds is 3. The summed E-state index contributed by atoms with van der Waals surface area (Å²) in [5.41, 5.74) is 0. The third kappa shape index (κ3) is 2.35. The third-order valence-corrected chi connectivity index (χ3v) is 3.70. The summed E-state index contributed by atoms with van der Waals surface area (Å²) in [5.74, 6) is 0.921. The van der Waals surface area contributed by atoms with Gasteiger partial charge in [0.05, 0.1) is 0 Å². The van der Waals surface area contributed by atoms with Crippen molar-refractivity contribution >= 4 is 21.7 Å². The van der Waals surface area contributed by atoms with Crippen LogP contribution in [0.2, 0.25) is 0 Å². The first-order valence-electron chi connectivity index (χ1n) is 5.79. The Bertz CT molecular complexity index is 380. The molecule has 5 heteroatoms. The molecule has 4 nitrogen and oxygen atoms in total. The fraction of sp³-hybridized carbons (Fsp3) is 0.636. The van der Waals surface area contributed by atoms with E-state index in [-0.39, 0.29) is 0 Å². The molecule has 0 spiro atoms. The summed E-state index contributed by atoms with van der Waals surface area (Å²) in [4.78, 5) is 10.8. The van der Waals surface area contributed by atoms with Gasteiger partial charge in [-0.25, -0.2) is 9.97 Å². The number of hydrogen-bond donors (Lipinski definition) is 1. The van der Waals surface area contributed by atoms with Gasteiger partial charge in [-0.2, -0.15) is 0 Å². The molecular weight excluding hydrogens is 268 g/mol. The lowest BCUT2D eigenvalue weighted by Gasteiger charge is -2.16. The second-order valence-corrected chi connectivity index (χ2v) is 5.39. The minimum absolute atomic E-state index is 0.544. The van der Waals surface area contributed by atoms with Gasteiger partial charge in [-0.15, -0.1) is 0 Å². The number of hydrogen-bond acceptors (Lipinski definition) is 4. The molecule has 0 amide bonds. The molecule has 1 aliphatic heterocycles. The van der Waals surface area contributed by atoms with E-state index < -0.39 is 0 Å². The fourth-order valence-electron chi connectivity index (χ4n) is 2.30. The van der Waals surface area contributed by atoms with Crippen LogP contribution in [0.4, 0.5) is 5.82 Å². The van der Waals surface area contributed by atoms with Crippen LogP contribution in [0.25, 0.3) is 0 Å². The average molecular weight is 283 g/mol. The summed E-state index contributed by atoms with van der Waals surface area (Å²) in [6.45, 7) is 2.39. The molecule has 86 valence electrons. The van der Waals surface area contributed by atoms with Gasteiger partial charge in [-0.1, -0.05) is 0 Å². The standard InChI is InChI=1S/C11H15BrN4/c12-10-5-11(14-7-13-10)15-8-3-4-16(6-8)9-1-2-9/h5,7-9H,1-4,6H2,(H,13,14,15). The Hall–Kier alpha value is -0.680. The zero-order valence-corrected chi connectivity index (χ0v) is 10.7. The van der Waals surface area contributed by atoms with Crippen LogP contribution in [0.5, 0.6) is 0 Å². The molecule has 1 atom stereocenters. The lowest BCUT2D eigenvalue weighted by atomic mass is 10.2. The van der Waals surface area contributed by atoms with E-state index in [0.29, 0.717) is 6.04 Å². The van der Waals surface area contributed by atoms with E-state index in [0.717, 1.165) is 23.0 Å². The highest BCUT2D eigenvalue weighted by atomic mass is 79.9. The zero-order chi connectivity index (χ0) is 11.0. The highest BCUT2D eigenvalue weighted by molar-refractivity contribution is 9.10. The second-order valence-electron chi connectivity index (χ2n) is 4.58. The van der Waals surface area contributed by atoms with Crippen molar-refractivity contribution in [3.63, 3.8) is 0 Å². The van der Waals surface area contributed by atoms with Crippen LogP contribution in [-0.4, -0.2) is 40.0 Å². The van der Waals surface area contributed by atoms with Crippen molar-refractivity contribution in [2.75, 3.05) is 18.4 Å². The van der Waals surface area contributed by atoms with E-state index in [4.69, 9.17) is 0 Å². The highest BCUT2D eigenvalue weighted by Gasteiger charge is 2.34. The molecule has 2 heterocycles. The maximum Gasteiger partial charge on any atom is 0.130 e. The van der Waals surface area contributed by atoms with Gasteiger partial charge < -0.3 is 5.32 Å². The SMILES string of the molecule is Brc1cc(NC2CCN(C3CC3)C2)ncn1. The van der Waals surface area contributed by atoms with E-state index in [1.54, 1.807) is 6.33 Å². The Morgan fingerprint density at radius 2 is 2.19 bits per heavy atom. The first kappa shape index (κ1) is 10.5. The molecule has 1 N–H and O–H groups in total. The summed E-state index contributed by atoms with van der Waals surface area (Å²) in [6.07, 6.45) is 5.59. The highest BCUT2D eigenvalue weighted by Crippen LogP contribution is 2.30. The van der Waals surface area contributed by atoms with Crippen LogP contribution in [0, 0.1) is 0 Å². The molecule has 0 aromatic carbocycles. The van der Waals surface area contributed by atoms with Crippen LogP contribution < -0.4 is 5.32 Å². The van der Waals surface area contributed by atoms with Crippen LogP contribution in [0.1, 0.15) is 19.3 Å². The van der Waals surface area contributed by atoms with E-state index in [1.165, 1.54) is 25.8 Å². The van der Waals surface area contributed by atoms with Crippen molar-refractivity contribution in [1.29, 1.82) is 0 Å². The first-order valence-corrected chi connectivity index (χ1v) is 6.59. The summed E-state index contributed by atoms with van der Waals surface area (Å²) in [7, 11) is 0. The van der Waals surface area contributed by atoms with Crippen LogP contribution >= 0.6 is 15.9 Å². The van der Waals surface area contributed by atoms with Gasteiger partial charge >= 0.3 is 0 Å². The quantitative estimate of drug-likeness (QED) is 0.860. The van der Waals surface area contributed by atoms with E-state index >= 15 is 0 Å². The molecule has 1 saturated carbocycles. The molecule has 0 radical (unpaired) electrons. The van der Waals surface area contributed by atoms with Crippen molar-refractivity contribution in [2.24, 2.45) is 0 Å². The molecule has 1 unspecified atom stereocenters. The van der Waals surface area contributed by atoms with Crippen molar-refractivity contribution in [1.82, 2.24) is 14.9 Å². The molecule has 0 bridgehead atoms. The maximum atomic E-state index is 4.22. The molecule has 1 aromatic rings. The number of likely N-dealkylation sites (tertiary alicyclic amines) is 1. The molecule has 2 aliphatic rings. The summed E-state index contributed by atoms with van der Waals surface area (Å²) < 4.78 is 0.835. The minimum Gasteiger partial charge on any atom is -0.366 e. The lowest BCUT2D eigenvalue weighted by Crippen LogP contribution is -2.27. The first-order chi connectivity index (χ1) is 7.81. The number of anilines is 1. The van der Waals surface area contributed by atoms with Gasteiger partial charge in [-0.05, 0) is 35.2 Å². The summed E-state index contributed by atoms with van der Waals surface area (Å²) in [6, 6.07) is 3.35. The minimum atomic E-state index is 0.544. The Morgan fingerprint density at radius 1 is 1.31 bits per heavy atom. The van der Waals surface area contributed by atoms with E-state index in [1.807, 2.05) is 6.07 Å². The molecular formula is C11H15BrN4. The fourth-order valence-corrected chi connectivity index (χ4v) is 2.61. The Labute approximate surface area is 104 Å². The van der Waals surface area contributed by atoms with Gasteiger partial charge in [0, 0.05) is 31.2 Å². The largest absolute Gasteiger partial charge is 0.366 e. The predicted octanol–water partition coefficient (Wildman–Crippen LogP) is 1.89. The van der Waals surface area contributed by atoms with Gasteiger partial charge in [0.15, 0.2) is 0 Å². The monoisotopic (exact) mass is 282 g/mol. The predicted molar refractivity (Wildman–Crippen MR) is 66.4 cm³/mol. The lowest BCUT2D eigenvalue weighted by molar-refractivity contribution is 0.326. The Kier molecular flexibility index (Phi) is 2.81. The van der Waals surface area contributed by atoms with Crippen molar-refractivity contribution in [3.05, 3.63) is 17.0 Å². The second kappa shape index (κ2) is 4.30. The maximum absolute atomic E-state index is 4.22. The van der Waals surface area contributed by atoms with E-state index in [9.17, 15) is 0 Å². The van der Waals surface area contributed by atoms with Crippen LogP contribution in [0.15, 0.2) is 17.0 Å². The van der Waals surface area contributed by atoms with Gasteiger partial charge in [0.25, 0.3) is 0 Å². The molecule has 1 aromatic heterocycles. The van der Waals surface area contributed by atoms with E-state index in [2.05, 4.69) is 36.1 Å². The van der Waals surface area contributed by atoms with Crippen molar-refractivity contribution in [3.8, 4) is 0 Å². The van der Waals surface area contributed by atoms with Crippen LogP contribution in [-0.2, 0) is 0 Å². The summed E-state index contributed by atoms with van der Waals surface area (Å²) >= 11 is 3.36. The smallest absolute Gasteiger partial charge is 0.130 e. The number of aromatic nitrogens is 2.